The SMILES string of the molecule is O=C(CC1CCCCC1)N[C@H]1CCCN(c2cc(-c3ccccc3)[nH]n2)C1. The van der Waals surface area contributed by atoms with Gasteiger partial charge in [0.2, 0.25) is 5.91 Å². The van der Waals surface area contributed by atoms with E-state index >= 15 is 0 Å². The van der Waals surface area contributed by atoms with E-state index in [0.717, 1.165) is 43.0 Å². The number of anilines is 1. The minimum Gasteiger partial charge on any atom is -0.353 e. The third kappa shape index (κ3) is 4.71. The van der Waals surface area contributed by atoms with Crippen LogP contribution in [0.2, 0.25) is 0 Å². The molecular formula is C22H30N4O. The van der Waals surface area contributed by atoms with E-state index in [1.165, 1.54) is 32.1 Å². The molecule has 2 heterocycles. The Labute approximate surface area is 161 Å². The van der Waals surface area contributed by atoms with Crippen molar-refractivity contribution in [2.75, 3.05) is 18.0 Å². The van der Waals surface area contributed by atoms with Gasteiger partial charge in [-0.25, -0.2) is 0 Å². The summed E-state index contributed by atoms with van der Waals surface area (Å²) in [5.74, 6) is 1.80. The average molecular weight is 367 g/mol. The molecule has 1 aromatic heterocycles. The number of nitrogens with zero attached hydrogens (tertiary/aromatic N) is 2. The lowest BCUT2D eigenvalue weighted by molar-refractivity contribution is -0.123. The molecule has 0 radical (unpaired) electrons. The zero-order valence-corrected chi connectivity index (χ0v) is 16.0. The second kappa shape index (κ2) is 8.59. The summed E-state index contributed by atoms with van der Waals surface area (Å²) in [6.45, 7) is 1.84. The number of benzene rings is 1. The zero-order valence-electron chi connectivity index (χ0n) is 16.0. The summed E-state index contributed by atoms with van der Waals surface area (Å²) >= 11 is 0. The van der Waals surface area contributed by atoms with Crippen molar-refractivity contribution in [2.24, 2.45) is 5.92 Å². The molecule has 5 nitrogen and oxygen atoms in total. The largest absolute Gasteiger partial charge is 0.353 e. The molecule has 144 valence electrons. The number of piperidine rings is 1. The fourth-order valence-corrected chi connectivity index (χ4v) is 4.48. The molecule has 1 saturated heterocycles. The van der Waals surface area contributed by atoms with Gasteiger partial charge in [-0.3, -0.25) is 9.89 Å². The first-order chi connectivity index (χ1) is 13.3. The number of aromatic nitrogens is 2. The van der Waals surface area contributed by atoms with Gasteiger partial charge in [-0.15, -0.1) is 0 Å². The normalized spacial score (nSPS) is 21.2. The molecule has 1 aromatic carbocycles. The van der Waals surface area contributed by atoms with Crippen LogP contribution in [0.3, 0.4) is 0 Å². The Morgan fingerprint density at radius 3 is 2.74 bits per heavy atom. The predicted octanol–water partition coefficient (Wildman–Crippen LogP) is 4.13. The third-order valence-electron chi connectivity index (χ3n) is 5.96. The summed E-state index contributed by atoms with van der Waals surface area (Å²) in [5.41, 5.74) is 2.18. The lowest BCUT2D eigenvalue weighted by atomic mass is 9.87. The Morgan fingerprint density at radius 2 is 1.93 bits per heavy atom. The second-order valence-electron chi connectivity index (χ2n) is 8.07. The number of amides is 1. The Bertz CT molecular complexity index is 736. The van der Waals surface area contributed by atoms with Gasteiger partial charge in [0.15, 0.2) is 5.82 Å². The lowest BCUT2D eigenvalue weighted by Crippen LogP contribution is -2.48. The van der Waals surface area contributed by atoms with E-state index in [4.69, 9.17) is 0 Å². The molecule has 0 bridgehead atoms. The number of nitrogens with one attached hydrogen (secondary N) is 2. The molecule has 2 aromatic rings. The minimum atomic E-state index is 0.228. The van der Waals surface area contributed by atoms with Crippen molar-refractivity contribution in [1.29, 1.82) is 0 Å². The molecule has 0 spiro atoms. The Balaban J connectivity index is 1.33. The number of hydrogen-bond donors (Lipinski definition) is 2. The van der Waals surface area contributed by atoms with E-state index in [-0.39, 0.29) is 11.9 Å². The first kappa shape index (κ1) is 18.1. The molecule has 4 rings (SSSR count). The highest BCUT2D eigenvalue weighted by molar-refractivity contribution is 5.76. The Hall–Kier alpha value is -2.30. The number of hydrogen-bond acceptors (Lipinski definition) is 3. The first-order valence-electron chi connectivity index (χ1n) is 10.4. The predicted molar refractivity (Wildman–Crippen MR) is 109 cm³/mol. The van der Waals surface area contributed by atoms with Crippen molar-refractivity contribution < 1.29 is 4.79 Å². The van der Waals surface area contributed by atoms with Crippen LogP contribution in [0.15, 0.2) is 36.4 Å². The van der Waals surface area contributed by atoms with Crippen molar-refractivity contribution in [1.82, 2.24) is 15.5 Å². The average Bonchev–Trinajstić information content (AvgIpc) is 3.20. The maximum absolute atomic E-state index is 12.5. The molecule has 1 aliphatic carbocycles. The molecule has 27 heavy (non-hydrogen) atoms. The van der Waals surface area contributed by atoms with Crippen LogP contribution in [0.25, 0.3) is 11.3 Å². The summed E-state index contributed by atoms with van der Waals surface area (Å²) in [6, 6.07) is 12.6. The minimum absolute atomic E-state index is 0.228. The number of rotatable bonds is 5. The molecule has 0 unspecified atom stereocenters. The lowest BCUT2D eigenvalue weighted by Gasteiger charge is -2.33. The highest BCUT2D eigenvalue weighted by Crippen LogP contribution is 2.27. The zero-order chi connectivity index (χ0) is 18.5. The summed E-state index contributed by atoms with van der Waals surface area (Å²) < 4.78 is 0. The standard InChI is InChI=1S/C22H30N4O/c27-22(14-17-8-3-1-4-9-17)23-19-12-7-13-26(16-19)21-15-20(24-25-21)18-10-5-2-6-11-18/h2,5-6,10-11,15,17,19H,1,3-4,7-9,12-14,16H2,(H,23,27)(H,24,25)/t19-/m0/s1. The van der Waals surface area contributed by atoms with Crippen LogP contribution in [0, 0.1) is 5.92 Å². The topological polar surface area (TPSA) is 61.0 Å². The van der Waals surface area contributed by atoms with Gasteiger partial charge in [0.05, 0.1) is 5.69 Å². The summed E-state index contributed by atoms with van der Waals surface area (Å²) in [5, 5.41) is 10.9. The van der Waals surface area contributed by atoms with Crippen LogP contribution in [0.1, 0.15) is 51.4 Å². The molecule has 1 saturated carbocycles. The molecule has 2 N–H and O–H groups in total. The fourth-order valence-electron chi connectivity index (χ4n) is 4.48. The Kier molecular flexibility index (Phi) is 5.75. The number of carbonyl (C=O) groups excluding carboxylic acids is 1. The third-order valence-corrected chi connectivity index (χ3v) is 5.96. The maximum atomic E-state index is 12.5. The van der Waals surface area contributed by atoms with Gasteiger partial charge in [0, 0.05) is 31.6 Å². The van der Waals surface area contributed by atoms with Gasteiger partial charge in [0.1, 0.15) is 0 Å². The van der Waals surface area contributed by atoms with Crippen LogP contribution in [0.5, 0.6) is 0 Å². The first-order valence-corrected chi connectivity index (χ1v) is 10.4. The van der Waals surface area contributed by atoms with E-state index in [1.54, 1.807) is 0 Å². The molecule has 1 aliphatic heterocycles. The fraction of sp³-hybridized carbons (Fsp3) is 0.545. The maximum Gasteiger partial charge on any atom is 0.220 e. The Morgan fingerprint density at radius 1 is 1.11 bits per heavy atom. The molecule has 2 fully saturated rings. The summed E-state index contributed by atoms with van der Waals surface area (Å²) in [7, 11) is 0. The van der Waals surface area contributed by atoms with Gasteiger partial charge in [-0.1, -0.05) is 49.6 Å². The van der Waals surface area contributed by atoms with Crippen LogP contribution < -0.4 is 10.2 Å². The molecule has 1 amide bonds. The molecular weight excluding hydrogens is 336 g/mol. The van der Waals surface area contributed by atoms with E-state index in [2.05, 4.69) is 38.6 Å². The van der Waals surface area contributed by atoms with Crippen molar-refractivity contribution >= 4 is 11.7 Å². The second-order valence-corrected chi connectivity index (χ2v) is 8.07. The van der Waals surface area contributed by atoms with Crippen LogP contribution in [-0.4, -0.2) is 35.2 Å². The van der Waals surface area contributed by atoms with Gasteiger partial charge in [0.25, 0.3) is 0 Å². The summed E-state index contributed by atoms with van der Waals surface area (Å²) in [6.07, 6.45) is 9.21. The smallest absolute Gasteiger partial charge is 0.220 e. The highest BCUT2D eigenvalue weighted by atomic mass is 16.1. The van der Waals surface area contributed by atoms with Crippen molar-refractivity contribution in [2.45, 2.75) is 57.4 Å². The molecule has 1 atom stereocenters. The molecule has 5 heteroatoms. The number of carbonyl (C=O) groups is 1. The van der Waals surface area contributed by atoms with E-state index in [0.29, 0.717) is 12.3 Å². The van der Waals surface area contributed by atoms with Crippen LogP contribution >= 0.6 is 0 Å². The quantitative estimate of drug-likeness (QED) is 0.836. The summed E-state index contributed by atoms with van der Waals surface area (Å²) in [4.78, 5) is 14.8. The van der Waals surface area contributed by atoms with E-state index in [9.17, 15) is 4.79 Å². The van der Waals surface area contributed by atoms with Gasteiger partial charge >= 0.3 is 0 Å². The van der Waals surface area contributed by atoms with Gasteiger partial charge < -0.3 is 10.2 Å². The number of H-pyrrole nitrogens is 1. The highest BCUT2D eigenvalue weighted by Gasteiger charge is 2.24. The van der Waals surface area contributed by atoms with Crippen molar-refractivity contribution in [3.8, 4) is 11.3 Å². The van der Waals surface area contributed by atoms with Gasteiger partial charge in [-0.05, 0) is 37.2 Å². The van der Waals surface area contributed by atoms with Crippen LogP contribution in [0.4, 0.5) is 5.82 Å². The monoisotopic (exact) mass is 366 g/mol. The van der Waals surface area contributed by atoms with Crippen LogP contribution in [-0.2, 0) is 4.79 Å². The van der Waals surface area contributed by atoms with Gasteiger partial charge in [-0.2, -0.15) is 5.10 Å². The number of aromatic amines is 1. The van der Waals surface area contributed by atoms with E-state index < -0.39 is 0 Å². The van der Waals surface area contributed by atoms with Crippen molar-refractivity contribution in [3.05, 3.63) is 36.4 Å². The molecule has 2 aliphatic rings. The van der Waals surface area contributed by atoms with E-state index in [1.807, 2.05) is 18.2 Å². The van der Waals surface area contributed by atoms with Crippen molar-refractivity contribution in [3.63, 3.8) is 0 Å².